The van der Waals surface area contributed by atoms with Gasteiger partial charge in [-0.15, -0.1) is 0 Å². The maximum absolute atomic E-state index is 12.4. The molecule has 0 radical (unpaired) electrons. The number of nitrogens with one attached hydrogen (secondary N) is 1. The van der Waals surface area contributed by atoms with E-state index >= 15 is 0 Å². The van der Waals surface area contributed by atoms with Gasteiger partial charge in [0.15, 0.2) is 5.82 Å². The molecule has 3 heterocycles. The lowest BCUT2D eigenvalue weighted by atomic mass is 10.2. The van der Waals surface area contributed by atoms with Gasteiger partial charge in [-0.2, -0.15) is 5.10 Å². The quantitative estimate of drug-likeness (QED) is 0.805. The fourth-order valence-electron chi connectivity index (χ4n) is 2.50. The Morgan fingerprint density at radius 2 is 2.18 bits per heavy atom. The Morgan fingerprint density at radius 1 is 1.36 bits per heavy atom. The average Bonchev–Trinajstić information content (AvgIpc) is 3.17. The van der Waals surface area contributed by atoms with E-state index in [4.69, 9.17) is 4.42 Å². The summed E-state index contributed by atoms with van der Waals surface area (Å²) in [5.41, 5.74) is 2.57. The van der Waals surface area contributed by atoms with Crippen LogP contribution in [0.25, 0.3) is 0 Å². The van der Waals surface area contributed by atoms with Gasteiger partial charge in [0.2, 0.25) is 0 Å². The Bertz CT molecular complexity index is 796. The molecular formula is C16H18N4O2. The molecule has 0 atom stereocenters. The zero-order valence-electron chi connectivity index (χ0n) is 12.8. The van der Waals surface area contributed by atoms with Gasteiger partial charge in [0.05, 0.1) is 18.4 Å². The summed E-state index contributed by atoms with van der Waals surface area (Å²) in [4.78, 5) is 12.4. The zero-order valence-corrected chi connectivity index (χ0v) is 12.8. The van der Waals surface area contributed by atoms with Crippen molar-refractivity contribution >= 4 is 11.7 Å². The van der Waals surface area contributed by atoms with Gasteiger partial charge in [0, 0.05) is 30.7 Å². The van der Waals surface area contributed by atoms with E-state index in [1.807, 2.05) is 39.1 Å². The highest BCUT2D eigenvalue weighted by molar-refractivity contribution is 6.04. The number of aryl methyl sites for hydroxylation is 2. The third kappa shape index (κ3) is 2.67. The van der Waals surface area contributed by atoms with E-state index in [-0.39, 0.29) is 5.91 Å². The Kier molecular flexibility index (Phi) is 3.58. The first-order chi connectivity index (χ1) is 10.5. The molecule has 3 aromatic rings. The second-order valence-electron chi connectivity index (χ2n) is 5.28. The number of nitrogens with zero attached hydrogens (tertiary/aromatic N) is 3. The van der Waals surface area contributed by atoms with Crippen LogP contribution in [0.1, 0.15) is 27.5 Å². The number of anilines is 1. The number of hydrogen-bond donors (Lipinski definition) is 1. The van der Waals surface area contributed by atoms with Crippen LogP contribution in [0.15, 0.2) is 41.1 Å². The van der Waals surface area contributed by atoms with Crippen LogP contribution in [0.5, 0.6) is 0 Å². The van der Waals surface area contributed by atoms with Crippen molar-refractivity contribution in [2.24, 2.45) is 7.05 Å². The predicted molar refractivity (Wildman–Crippen MR) is 82.9 cm³/mol. The number of amides is 1. The lowest BCUT2D eigenvalue weighted by Crippen LogP contribution is -2.14. The summed E-state index contributed by atoms with van der Waals surface area (Å²) in [6.45, 7) is 4.53. The molecular weight excluding hydrogens is 280 g/mol. The van der Waals surface area contributed by atoms with Gasteiger partial charge in [-0.3, -0.25) is 9.48 Å². The monoisotopic (exact) mass is 298 g/mol. The molecule has 0 spiro atoms. The molecule has 0 aromatic carbocycles. The summed E-state index contributed by atoms with van der Waals surface area (Å²) >= 11 is 0. The number of carbonyl (C=O) groups excluding carboxylic acids is 1. The first-order valence-corrected chi connectivity index (χ1v) is 7.04. The Balaban J connectivity index is 1.83. The molecule has 22 heavy (non-hydrogen) atoms. The summed E-state index contributed by atoms with van der Waals surface area (Å²) in [5.74, 6) is 1.25. The molecule has 0 aliphatic heterocycles. The molecule has 1 amide bonds. The van der Waals surface area contributed by atoms with Gasteiger partial charge in [-0.1, -0.05) is 0 Å². The molecule has 114 valence electrons. The van der Waals surface area contributed by atoms with Crippen molar-refractivity contribution in [2.45, 2.75) is 20.4 Å². The molecule has 0 unspecified atom stereocenters. The van der Waals surface area contributed by atoms with Crippen LogP contribution in [0, 0.1) is 13.8 Å². The maximum atomic E-state index is 12.4. The Morgan fingerprint density at radius 3 is 2.82 bits per heavy atom. The van der Waals surface area contributed by atoms with Gasteiger partial charge < -0.3 is 14.3 Å². The van der Waals surface area contributed by atoms with Crippen molar-refractivity contribution in [1.29, 1.82) is 0 Å². The number of aromatic nitrogens is 3. The molecule has 0 saturated heterocycles. The van der Waals surface area contributed by atoms with E-state index in [0.29, 0.717) is 17.9 Å². The minimum Gasteiger partial charge on any atom is -0.467 e. The second kappa shape index (κ2) is 5.55. The molecule has 1 N–H and O–H groups in total. The van der Waals surface area contributed by atoms with Crippen molar-refractivity contribution in [1.82, 2.24) is 14.3 Å². The first-order valence-electron chi connectivity index (χ1n) is 7.04. The molecule has 0 bridgehead atoms. The number of furan rings is 1. The van der Waals surface area contributed by atoms with E-state index < -0.39 is 0 Å². The van der Waals surface area contributed by atoms with Gasteiger partial charge >= 0.3 is 0 Å². The Labute approximate surface area is 128 Å². The van der Waals surface area contributed by atoms with Crippen LogP contribution in [0.3, 0.4) is 0 Å². The minimum atomic E-state index is -0.155. The van der Waals surface area contributed by atoms with E-state index in [9.17, 15) is 4.79 Å². The highest BCUT2D eigenvalue weighted by Gasteiger charge is 2.17. The van der Waals surface area contributed by atoms with Crippen LogP contribution < -0.4 is 5.32 Å². The highest BCUT2D eigenvalue weighted by Crippen LogP contribution is 2.18. The van der Waals surface area contributed by atoms with Crippen LogP contribution in [0.4, 0.5) is 5.82 Å². The molecule has 6 heteroatoms. The van der Waals surface area contributed by atoms with Crippen LogP contribution in [0.2, 0.25) is 0 Å². The molecule has 3 aromatic heterocycles. The minimum absolute atomic E-state index is 0.155. The third-order valence-corrected chi connectivity index (χ3v) is 3.67. The second-order valence-corrected chi connectivity index (χ2v) is 5.28. The van der Waals surface area contributed by atoms with Gasteiger partial charge in [-0.25, -0.2) is 0 Å². The molecule has 0 aliphatic carbocycles. The van der Waals surface area contributed by atoms with Crippen LogP contribution in [-0.4, -0.2) is 20.3 Å². The van der Waals surface area contributed by atoms with Gasteiger partial charge in [0.1, 0.15) is 5.76 Å². The zero-order chi connectivity index (χ0) is 15.7. The molecule has 0 saturated carbocycles. The topological polar surface area (TPSA) is 65.0 Å². The van der Waals surface area contributed by atoms with Gasteiger partial charge in [-0.05, 0) is 32.0 Å². The molecule has 0 fully saturated rings. The number of hydrogen-bond acceptors (Lipinski definition) is 3. The summed E-state index contributed by atoms with van der Waals surface area (Å²) < 4.78 is 9.09. The van der Waals surface area contributed by atoms with E-state index in [1.165, 1.54) is 0 Å². The van der Waals surface area contributed by atoms with E-state index in [2.05, 4.69) is 15.0 Å². The largest absolute Gasteiger partial charge is 0.467 e. The first kappa shape index (κ1) is 14.2. The molecule has 0 aliphatic rings. The van der Waals surface area contributed by atoms with E-state index in [1.54, 1.807) is 23.2 Å². The lowest BCUT2D eigenvalue weighted by Gasteiger charge is -2.08. The standard InChI is InChI=1S/C16H18N4O2/c1-11-9-14(16(21)17-15-6-7-19(3)18-15)12(2)20(11)10-13-5-4-8-22-13/h4-9H,10H2,1-3H3,(H,17,18,21). The molecule has 6 nitrogen and oxygen atoms in total. The summed E-state index contributed by atoms with van der Waals surface area (Å²) in [7, 11) is 1.81. The summed E-state index contributed by atoms with van der Waals surface area (Å²) in [6, 6.07) is 7.43. The van der Waals surface area contributed by atoms with Crippen molar-refractivity contribution in [3.8, 4) is 0 Å². The third-order valence-electron chi connectivity index (χ3n) is 3.67. The fraction of sp³-hybridized carbons (Fsp3) is 0.250. The van der Waals surface area contributed by atoms with Crippen LogP contribution >= 0.6 is 0 Å². The van der Waals surface area contributed by atoms with Crippen molar-refractivity contribution < 1.29 is 9.21 Å². The average molecular weight is 298 g/mol. The van der Waals surface area contributed by atoms with E-state index in [0.717, 1.165) is 17.1 Å². The van der Waals surface area contributed by atoms with Crippen molar-refractivity contribution in [3.63, 3.8) is 0 Å². The highest BCUT2D eigenvalue weighted by atomic mass is 16.3. The van der Waals surface area contributed by atoms with Crippen molar-refractivity contribution in [3.05, 3.63) is 59.4 Å². The number of carbonyl (C=O) groups is 1. The normalized spacial score (nSPS) is 10.9. The van der Waals surface area contributed by atoms with Crippen LogP contribution in [-0.2, 0) is 13.6 Å². The number of rotatable bonds is 4. The SMILES string of the molecule is Cc1cc(C(=O)Nc2ccn(C)n2)c(C)n1Cc1ccco1. The smallest absolute Gasteiger partial charge is 0.258 e. The van der Waals surface area contributed by atoms with Crippen molar-refractivity contribution in [2.75, 3.05) is 5.32 Å². The molecule has 3 rings (SSSR count). The lowest BCUT2D eigenvalue weighted by molar-refractivity contribution is 0.102. The summed E-state index contributed by atoms with van der Waals surface area (Å²) in [6.07, 6.45) is 3.44. The predicted octanol–water partition coefficient (Wildman–Crippen LogP) is 2.73. The maximum Gasteiger partial charge on any atom is 0.258 e. The fourth-order valence-corrected chi connectivity index (χ4v) is 2.50. The Hall–Kier alpha value is -2.76. The summed E-state index contributed by atoms with van der Waals surface area (Å²) in [5, 5.41) is 6.97. The van der Waals surface area contributed by atoms with Gasteiger partial charge in [0.25, 0.3) is 5.91 Å².